The molecular formula is C15H20O4. The molecular weight excluding hydrogens is 244 g/mol. The number of hydrogen-bond acceptors (Lipinski definition) is 3. The Hall–Kier alpha value is -1.84. The minimum absolute atomic E-state index is 0.0308. The summed E-state index contributed by atoms with van der Waals surface area (Å²) in [5, 5.41) is 8.63. The fourth-order valence-electron chi connectivity index (χ4n) is 1.88. The van der Waals surface area contributed by atoms with Crippen LogP contribution in [0, 0.1) is 0 Å². The summed E-state index contributed by atoms with van der Waals surface area (Å²) in [4.78, 5) is 22.6. The fourth-order valence-corrected chi connectivity index (χ4v) is 1.88. The molecule has 104 valence electrons. The predicted molar refractivity (Wildman–Crippen MR) is 72.9 cm³/mol. The number of carboxylic acid groups (broad SMARTS) is 1. The van der Waals surface area contributed by atoms with Crippen molar-refractivity contribution in [3.63, 3.8) is 0 Å². The van der Waals surface area contributed by atoms with Crippen LogP contribution in [0.5, 0.6) is 5.75 Å². The van der Waals surface area contributed by atoms with E-state index in [1.807, 2.05) is 26.8 Å². The number of ketones is 1. The second kappa shape index (κ2) is 6.92. The first-order valence-electron chi connectivity index (χ1n) is 6.47. The van der Waals surface area contributed by atoms with Gasteiger partial charge in [-0.05, 0) is 36.6 Å². The van der Waals surface area contributed by atoms with Crippen molar-refractivity contribution in [1.82, 2.24) is 0 Å². The van der Waals surface area contributed by atoms with E-state index in [1.165, 1.54) is 0 Å². The number of carboxylic acids is 1. The molecule has 0 saturated heterocycles. The largest absolute Gasteiger partial charge is 0.494 e. The number of hydrogen-bond donors (Lipinski definition) is 1. The Morgan fingerprint density at radius 1 is 1.26 bits per heavy atom. The van der Waals surface area contributed by atoms with Gasteiger partial charge in [0.2, 0.25) is 0 Å². The van der Waals surface area contributed by atoms with Crippen LogP contribution in [-0.2, 0) is 4.79 Å². The Kier molecular flexibility index (Phi) is 5.55. The summed E-state index contributed by atoms with van der Waals surface area (Å²) >= 11 is 0. The van der Waals surface area contributed by atoms with Crippen LogP contribution in [-0.4, -0.2) is 23.5 Å². The molecule has 0 unspecified atom stereocenters. The van der Waals surface area contributed by atoms with Gasteiger partial charge >= 0.3 is 5.97 Å². The third kappa shape index (κ3) is 4.39. The normalized spacial score (nSPS) is 10.5. The maximum absolute atomic E-state index is 12.0. The van der Waals surface area contributed by atoms with Crippen LogP contribution in [0.3, 0.4) is 0 Å². The first-order valence-corrected chi connectivity index (χ1v) is 6.47. The van der Waals surface area contributed by atoms with Crippen LogP contribution >= 0.6 is 0 Å². The molecule has 0 aliphatic carbocycles. The quantitative estimate of drug-likeness (QED) is 0.768. The summed E-state index contributed by atoms with van der Waals surface area (Å²) in [6.45, 7) is 6.48. The van der Waals surface area contributed by atoms with Crippen LogP contribution in [0.25, 0.3) is 0 Å². The second-order valence-corrected chi connectivity index (χ2v) is 4.65. The highest BCUT2D eigenvalue weighted by molar-refractivity contribution is 5.99. The van der Waals surface area contributed by atoms with E-state index in [4.69, 9.17) is 9.84 Å². The van der Waals surface area contributed by atoms with E-state index in [2.05, 4.69) is 0 Å². The minimum Gasteiger partial charge on any atom is -0.494 e. The van der Waals surface area contributed by atoms with E-state index in [-0.39, 0.29) is 24.5 Å². The molecule has 1 rings (SSSR count). The number of carbonyl (C=O) groups excluding carboxylic acids is 1. The molecule has 0 amide bonds. The molecule has 0 atom stereocenters. The molecule has 4 nitrogen and oxygen atoms in total. The molecule has 0 radical (unpaired) electrons. The summed E-state index contributed by atoms with van der Waals surface area (Å²) in [6, 6.07) is 5.34. The molecule has 1 aromatic carbocycles. The van der Waals surface area contributed by atoms with Gasteiger partial charge in [0, 0.05) is 12.0 Å². The molecule has 0 spiro atoms. The molecule has 0 aromatic heterocycles. The van der Waals surface area contributed by atoms with Gasteiger partial charge in [0.15, 0.2) is 5.78 Å². The minimum atomic E-state index is -0.953. The van der Waals surface area contributed by atoms with E-state index in [0.29, 0.717) is 12.2 Å². The van der Waals surface area contributed by atoms with E-state index in [0.717, 1.165) is 11.3 Å². The Bertz CT molecular complexity index is 463. The van der Waals surface area contributed by atoms with Gasteiger partial charge in [0.1, 0.15) is 5.75 Å². The molecule has 0 heterocycles. The number of aliphatic carboxylic acids is 1. The topological polar surface area (TPSA) is 63.6 Å². The summed E-state index contributed by atoms with van der Waals surface area (Å²) in [7, 11) is 0. The number of Topliss-reactive ketones (excluding diaryl/α,β-unsaturated/α-hetero) is 1. The van der Waals surface area contributed by atoms with Gasteiger partial charge in [-0.1, -0.05) is 13.8 Å². The second-order valence-electron chi connectivity index (χ2n) is 4.65. The smallest absolute Gasteiger partial charge is 0.303 e. The van der Waals surface area contributed by atoms with Gasteiger partial charge in [0.05, 0.1) is 13.0 Å². The van der Waals surface area contributed by atoms with Crippen molar-refractivity contribution in [3.8, 4) is 5.75 Å². The third-order valence-corrected chi connectivity index (χ3v) is 2.82. The van der Waals surface area contributed by atoms with E-state index in [9.17, 15) is 9.59 Å². The van der Waals surface area contributed by atoms with E-state index in [1.54, 1.807) is 12.1 Å². The van der Waals surface area contributed by atoms with Crippen molar-refractivity contribution < 1.29 is 19.4 Å². The van der Waals surface area contributed by atoms with Crippen molar-refractivity contribution in [2.45, 2.75) is 39.5 Å². The highest BCUT2D eigenvalue weighted by atomic mass is 16.5. The highest BCUT2D eigenvalue weighted by Gasteiger charge is 2.15. The van der Waals surface area contributed by atoms with Crippen LogP contribution in [0.2, 0.25) is 0 Å². The van der Waals surface area contributed by atoms with Crippen LogP contribution in [0.4, 0.5) is 0 Å². The van der Waals surface area contributed by atoms with Crippen molar-refractivity contribution in [3.05, 3.63) is 29.3 Å². The Labute approximate surface area is 113 Å². The molecule has 1 aromatic rings. The molecule has 0 saturated carbocycles. The first kappa shape index (κ1) is 15.2. The fraction of sp³-hybridized carbons (Fsp3) is 0.467. The van der Waals surface area contributed by atoms with Gasteiger partial charge in [-0.15, -0.1) is 0 Å². The highest BCUT2D eigenvalue weighted by Crippen LogP contribution is 2.26. The molecule has 0 fully saturated rings. The van der Waals surface area contributed by atoms with Crippen LogP contribution in [0.15, 0.2) is 18.2 Å². The number of benzene rings is 1. The molecule has 19 heavy (non-hydrogen) atoms. The average Bonchev–Trinajstić information content (AvgIpc) is 2.36. The van der Waals surface area contributed by atoms with Crippen LogP contribution < -0.4 is 4.74 Å². The van der Waals surface area contributed by atoms with E-state index < -0.39 is 5.97 Å². The maximum Gasteiger partial charge on any atom is 0.303 e. The van der Waals surface area contributed by atoms with Crippen LogP contribution in [0.1, 0.15) is 55.5 Å². The number of rotatable bonds is 7. The van der Waals surface area contributed by atoms with Crippen molar-refractivity contribution in [2.24, 2.45) is 0 Å². The maximum atomic E-state index is 12.0. The third-order valence-electron chi connectivity index (χ3n) is 2.82. The zero-order valence-corrected chi connectivity index (χ0v) is 11.6. The number of ether oxygens (including phenoxy) is 1. The SMILES string of the molecule is CCOc1ccc(C(=O)CCC(=O)O)c(C(C)C)c1. The zero-order chi connectivity index (χ0) is 14.4. The van der Waals surface area contributed by atoms with E-state index >= 15 is 0 Å². The van der Waals surface area contributed by atoms with Crippen molar-refractivity contribution in [1.29, 1.82) is 0 Å². The predicted octanol–water partition coefficient (Wildman–Crippen LogP) is 3.26. The first-order chi connectivity index (χ1) is 8.95. The van der Waals surface area contributed by atoms with Gasteiger partial charge in [-0.25, -0.2) is 0 Å². The van der Waals surface area contributed by atoms with Crippen molar-refractivity contribution >= 4 is 11.8 Å². The zero-order valence-electron chi connectivity index (χ0n) is 11.6. The Morgan fingerprint density at radius 3 is 2.47 bits per heavy atom. The standard InChI is InChI=1S/C15H20O4/c1-4-19-11-5-6-12(13(9-11)10(2)3)14(16)7-8-15(17)18/h5-6,9-10H,4,7-8H2,1-3H3,(H,17,18). The molecule has 0 bridgehead atoms. The van der Waals surface area contributed by atoms with Gasteiger partial charge in [-0.2, -0.15) is 0 Å². The summed E-state index contributed by atoms with van der Waals surface area (Å²) in [6.07, 6.45) is -0.105. The molecule has 1 N–H and O–H groups in total. The van der Waals surface area contributed by atoms with Crippen molar-refractivity contribution in [2.75, 3.05) is 6.61 Å². The van der Waals surface area contributed by atoms with Gasteiger partial charge < -0.3 is 9.84 Å². The molecule has 4 heteroatoms. The Morgan fingerprint density at radius 2 is 1.95 bits per heavy atom. The summed E-state index contributed by atoms with van der Waals surface area (Å²) in [5.41, 5.74) is 1.50. The van der Waals surface area contributed by atoms with Gasteiger partial charge in [0.25, 0.3) is 0 Å². The molecule has 0 aliphatic heterocycles. The number of carbonyl (C=O) groups is 2. The average molecular weight is 264 g/mol. The molecule has 0 aliphatic rings. The summed E-state index contributed by atoms with van der Waals surface area (Å²) in [5.74, 6) is -0.162. The summed E-state index contributed by atoms with van der Waals surface area (Å²) < 4.78 is 5.42. The lowest BCUT2D eigenvalue weighted by atomic mass is 9.93. The van der Waals surface area contributed by atoms with Gasteiger partial charge in [-0.3, -0.25) is 9.59 Å². The lowest BCUT2D eigenvalue weighted by Gasteiger charge is -2.14. The Balaban J connectivity index is 2.98. The lowest BCUT2D eigenvalue weighted by molar-refractivity contribution is -0.136. The lowest BCUT2D eigenvalue weighted by Crippen LogP contribution is -2.08. The monoisotopic (exact) mass is 264 g/mol.